The van der Waals surface area contributed by atoms with Crippen molar-refractivity contribution in [2.45, 2.75) is 19.9 Å². The van der Waals surface area contributed by atoms with Crippen LogP contribution in [0.4, 0.5) is 0 Å². The molecule has 5 nitrogen and oxygen atoms in total. The fraction of sp³-hybridized carbons (Fsp3) is 0.211. The second kappa shape index (κ2) is 7.89. The number of halogens is 2. The van der Waals surface area contributed by atoms with Gasteiger partial charge in [0, 0.05) is 22.2 Å². The van der Waals surface area contributed by atoms with E-state index in [1.807, 2.05) is 6.92 Å². The fourth-order valence-electron chi connectivity index (χ4n) is 2.71. The first-order valence-corrected chi connectivity index (χ1v) is 8.97. The molecule has 0 aliphatic carbocycles. The zero-order valence-corrected chi connectivity index (χ0v) is 15.6. The van der Waals surface area contributed by atoms with Gasteiger partial charge >= 0.3 is 0 Å². The van der Waals surface area contributed by atoms with Gasteiger partial charge in [-0.25, -0.2) is 4.98 Å². The third kappa shape index (κ3) is 4.06. The number of rotatable bonds is 5. The molecular weight excluding hydrogens is 373 g/mol. The number of aromatic nitrogens is 2. The summed E-state index contributed by atoms with van der Waals surface area (Å²) in [7, 11) is 0. The lowest BCUT2D eigenvalue weighted by Gasteiger charge is -2.22. The van der Waals surface area contributed by atoms with Crippen molar-refractivity contribution in [2.75, 3.05) is 6.54 Å². The van der Waals surface area contributed by atoms with Crippen LogP contribution in [-0.4, -0.2) is 27.3 Å². The summed E-state index contributed by atoms with van der Waals surface area (Å²) in [5.41, 5.74) is 0.790. The molecule has 0 saturated carbocycles. The van der Waals surface area contributed by atoms with E-state index in [2.05, 4.69) is 9.97 Å². The minimum absolute atomic E-state index is 0.141. The lowest BCUT2D eigenvalue weighted by Crippen LogP contribution is -2.32. The quantitative estimate of drug-likeness (QED) is 0.707. The standard InChI is InChI=1S/C19H17Cl2N3O2/c1-2-9-24(19(26)12-3-5-13(20)6-4-12)11-17-22-16-10-14(21)7-8-15(16)18(25)23-17/h3-8,10H,2,9,11H2,1H3,(H,22,23,25). The second-order valence-electron chi connectivity index (χ2n) is 5.91. The highest BCUT2D eigenvalue weighted by Crippen LogP contribution is 2.16. The van der Waals surface area contributed by atoms with Gasteiger partial charge in [-0.2, -0.15) is 0 Å². The SMILES string of the molecule is CCCN(Cc1nc2cc(Cl)ccc2c(=O)[nH]1)C(=O)c1ccc(Cl)cc1. The second-order valence-corrected chi connectivity index (χ2v) is 6.78. The van der Waals surface area contributed by atoms with Crippen molar-refractivity contribution in [1.29, 1.82) is 0 Å². The van der Waals surface area contributed by atoms with Crippen molar-refractivity contribution in [3.8, 4) is 0 Å². The van der Waals surface area contributed by atoms with E-state index in [-0.39, 0.29) is 18.0 Å². The lowest BCUT2D eigenvalue weighted by atomic mass is 10.2. The van der Waals surface area contributed by atoms with Gasteiger partial charge in [-0.05, 0) is 48.9 Å². The molecule has 3 aromatic rings. The molecule has 1 heterocycles. The Morgan fingerprint density at radius 1 is 1.12 bits per heavy atom. The number of fused-ring (bicyclic) bond motifs is 1. The summed E-state index contributed by atoms with van der Waals surface area (Å²) in [5.74, 6) is 0.276. The summed E-state index contributed by atoms with van der Waals surface area (Å²) in [4.78, 5) is 33.9. The van der Waals surface area contributed by atoms with Crippen LogP contribution in [0.2, 0.25) is 10.0 Å². The van der Waals surface area contributed by atoms with Gasteiger partial charge in [0.1, 0.15) is 5.82 Å². The van der Waals surface area contributed by atoms with Crippen LogP contribution >= 0.6 is 23.2 Å². The predicted molar refractivity (Wildman–Crippen MR) is 104 cm³/mol. The van der Waals surface area contributed by atoms with Crippen molar-refractivity contribution in [2.24, 2.45) is 0 Å². The van der Waals surface area contributed by atoms with E-state index in [1.165, 1.54) is 0 Å². The molecule has 1 aromatic heterocycles. The van der Waals surface area contributed by atoms with E-state index >= 15 is 0 Å². The Balaban J connectivity index is 1.92. The van der Waals surface area contributed by atoms with Crippen LogP contribution in [0.5, 0.6) is 0 Å². The molecule has 7 heteroatoms. The molecule has 0 radical (unpaired) electrons. The maximum Gasteiger partial charge on any atom is 0.258 e. The Labute approximate surface area is 160 Å². The van der Waals surface area contributed by atoms with E-state index in [9.17, 15) is 9.59 Å². The number of carbonyl (C=O) groups is 1. The molecule has 0 atom stereocenters. The van der Waals surface area contributed by atoms with Gasteiger partial charge in [-0.1, -0.05) is 30.1 Å². The monoisotopic (exact) mass is 389 g/mol. The Kier molecular flexibility index (Phi) is 5.59. The third-order valence-electron chi connectivity index (χ3n) is 3.93. The summed E-state index contributed by atoms with van der Waals surface area (Å²) >= 11 is 11.9. The average molecular weight is 390 g/mol. The zero-order valence-electron chi connectivity index (χ0n) is 14.1. The number of nitrogens with one attached hydrogen (secondary N) is 1. The molecule has 3 rings (SSSR count). The topological polar surface area (TPSA) is 66.1 Å². The van der Waals surface area contributed by atoms with Crippen LogP contribution < -0.4 is 5.56 Å². The van der Waals surface area contributed by atoms with Crippen LogP contribution in [0, 0.1) is 0 Å². The predicted octanol–water partition coefficient (Wildman–Crippen LogP) is 4.28. The van der Waals surface area contributed by atoms with Gasteiger partial charge in [0.25, 0.3) is 11.5 Å². The van der Waals surface area contributed by atoms with E-state index in [0.717, 1.165) is 6.42 Å². The highest BCUT2D eigenvalue weighted by atomic mass is 35.5. The molecule has 0 unspecified atom stereocenters. The molecule has 2 aromatic carbocycles. The number of hydrogen-bond acceptors (Lipinski definition) is 3. The normalized spacial score (nSPS) is 10.9. The van der Waals surface area contributed by atoms with Gasteiger partial charge in [0.15, 0.2) is 0 Å². The fourth-order valence-corrected chi connectivity index (χ4v) is 3.01. The van der Waals surface area contributed by atoms with Crippen molar-refractivity contribution >= 4 is 40.0 Å². The van der Waals surface area contributed by atoms with Crippen molar-refractivity contribution < 1.29 is 4.79 Å². The number of nitrogens with zero attached hydrogens (tertiary/aromatic N) is 2. The van der Waals surface area contributed by atoms with Crippen LogP contribution in [0.3, 0.4) is 0 Å². The van der Waals surface area contributed by atoms with Crippen LogP contribution in [0.1, 0.15) is 29.5 Å². The van der Waals surface area contributed by atoms with Gasteiger partial charge in [-0.15, -0.1) is 0 Å². The molecule has 1 amide bonds. The number of benzene rings is 2. The van der Waals surface area contributed by atoms with Gasteiger partial charge < -0.3 is 9.88 Å². The minimum atomic E-state index is -0.253. The molecule has 0 fully saturated rings. The van der Waals surface area contributed by atoms with Crippen LogP contribution in [-0.2, 0) is 6.54 Å². The Bertz CT molecular complexity index is 1000. The molecule has 134 valence electrons. The molecule has 1 N–H and O–H groups in total. The zero-order chi connectivity index (χ0) is 18.7. The van der Waals surface area contributed by atoms with Crippen molar-refractivity contribution in [1.82, 2.24) is 14.9 Å². The van der Waals surface area contributed by atoms with Gasteiger partial charge in [0.05, 0.1) is 17.4 Å². The van der Waals surface area contributed by atoms with E-state index in [0.29, 0.717) is 38.9 Å². The smallest absolute Gasteiger partial charge is 0.258 e. The highest BCUT2D eigenvalue weighted by Gasteiger charge is 2.17. The number of H-pyrrole nitrogens is 1. The Morgan fingerprint density at radius 2 is 1.81 bits per heavy atom. The van der Waals surface area contributed by atoms with Crippen molar-refractivity contribution in [3.63, 3.8) is 0 Å². The van der Waals surface area contributed by atoms with Gasteiger partial charge in [-0.3, -0.25) is 9.59 Å². The molecular formula is C19H17Cl2N3O2. The molecule has 0 saturated heterocycles. The first-order chi connectivity index (χ1) is 12.5. The molecule has 0 bridgehead atoms. The van der Waals surface area contributed by atoms with Crippen LogP contribution in [0.15, 0.2) is 47.3 Å². The maximum absolute atomic E-state index is 12.8. The summed E-state index contributed by atoms with van der Waals surface area (Å²) < 4.78 is 0. The van der Waals surface area contributed by atoms with Crippen LogP contribution in [0.25, 0.3) is 10.9 Å². The number of aromatic amines is 1. The van der Waals surface area contributed by atoms with E-state index in [4.69, 9.17) is 23.2 Å². The average Bonchev–Trinajstić information content (AvgIpc) is 2.61. The molecule has 0 spiro atoms. The summed E-state index contributed by atoms with van der Waals surface area (Å²) in [5, 5.41) is 1.54. The highest BCUT2D eigenvalue weighted by molar-refractivity contribution is 6.31. The number of amides is 1. The molecule has 26 heavy (non-hydrogen) atoms. The number of carbonyl (C=O) groups excluding carboxylic acids is 1. The summed E-state index contributed by atoms with van der Waals surface area (Å²) in [6.07, 6.45) is 0.781. The Hall–Kier alpha value is -2.37. The lowest BCUT2D eigenvalue weighted by molar-refractivity contribution is 0.0739. The van der Waals surface area contributed by atoms with E-state index < -0.39 is 0 Å². The number of hydrogen-bond donors (Lipinski definition) is 1. The molecule has 0 aliphatic rings. The summed E-state index contributed by atoms with van der Waals surface area (Å²) in [6, 6.07) is 11.6. The first-order valence-electron chi connectivity index (χ1n) is 8.21. The Morgan fingerprint density at radius 3 is 2.50 bits per heavy atom. The maximum atomic E-state index is 12.8. The minimum Gasteiger partial charge on any atom is -0.331 e. The van der Waals surface area contributed by atoms with Crippen molar-refractivity contribution in [3.05, 3.63) is 74.3 Å². The third-order valence-corrected chi connectivity index (χ3v) is 4.42. The largest absolute Gasteiger partial charge is 0.331 e. The van der Waals surface area contributed by atoms with Gasteiger partial charge in [0.2, 0.25) is 0 Å². The molecule has 0 aliphatic heterocycles. The summed E-state index contributed by atoms with van der Waals surface area (Å²) in [6.45, 7) is 2.73. The first kappa shape index (κ1) is 18.4. The van der Waals surface area contributed by atoms with E-state index in [1.54, 1.807) is 47.4 Å².